The second kappa shape index (κ2) is 3.71. The number of halogens is 1. The Balaban J connectivity index is 4.48. The van der Waals surface area contributed by atoms with Crippen LogP contribution in [0.25, 0.3) is 0 Å². The van der Waals surface area contributed by atoms with E-state index in [4.69, 9.17) is 0 Å². The molecule has 0 saturated carbocycles. The van der Waals surface area contributed by atoms with Crippen LogP contribution in [-0.4, -0.2) is 22.4 Å². The first-order valence-corrected chi connectivity index (χ1v) is 4.06. The highest BCUT2D eigenvalue weighted by molar-refractivity contribution is 9.09. The van der Waals surface area contributed by atoms with Crippen LogP contribution < -0.4 is 0 Å². The Bertz CT molecular complexity index is 200. The molecule has 0 amide bonds. The summed E-state index contributed by atoms with van der Waals surface area (Å²) in [5.41, 5.74) is -1.43. The molecule has 0 aliphatic carbocycles. The number of hydrogen-bond donors (Lipinski definition) is 0. The number of carbonyl (C=O) groups is 2. The van der Waals surface area contributed by atoms with Gasteiger partial charge in [0.2, 0.25) is 11.6 Å². The molecule has 0 rings (SSSR count). The van der Waals surface area contributed by atoms with E-state index in [2.05, 4.69) is 21.1 Å². The summed E-state index contributed by atoms with van der Waals surface area (Å²) >= 11 is 2.82. The molecule has 0 radical (unpaired) electrons. The number of carbonyl (C=O) groups excluding carboxylic acids is 2. The molecular weight excluding hydrogens is 214 g/mol. The maximum absolute atomic E-state index is 11.0. The van der Waals surface area contributed by atoms with Gasteiger partial charge in [0.15, 0.2) is 5.54 Å². The van der Waals surface area contributed by atoms with E-state index in [1.54, 1.807) is 0 Å². The van der Waals surface area contributed by atoms with E-state index >= 15 is 0 Å². The van der Waals surface area contributed by atoms with Gasteiger partial charge in [-0.25, -0.2) is 0 Å². The van der Waals surface area contributed by atoms with Crippen molar-refractivity contribution in [2.24, 2.45) is 5.18 Å². The van der Waals surface area contributed by atoms with Crippen molar-refractivity contribution in [3.63, 3.8) is 0 Å². The summed E-state index contributed by atoms with van der Waals surface area (Å²) in [6, 6.07) is 0. The van der Waals surface area contributed by atoms with Gasteiger partial charge in [-0.1, -0.05) is 21.1 Å². The molecule has 11 heavy (non-hydrogen) atoms. The molecule has 62 valence electrons. The van der Waals surface area contributed by atoms with Gasteiger partial charge in [-0.15, -0.1) is 4.91 Å². The smallest absolute Gasteiger partial charge is 0.229 e. The van der Waals surface area contributed by atoms with Crippen molar-refractivity contribution in [2.75, 3.05) is 5.33 Å². The zero-order valence-electron chi connectivity index (χ0n) is 6.26. The Morgan fingerprint density at radius 3 is 2.18 bits per heavy atom. The van der Waals surface area contributed by atoms with Gasteiger partial charge >= 0.3 is 0 Å². The maximum atomic E-state index is 11.0. The molecule has 0 fully saturated rings. The largest absolute Gasteiger partial charge is 0.290 e. The molecule has 0 saturated heterocycles. The van der Waals surface area contributed by atoms with Crippen LogP contribution in [0.2, 0.25) is 0 Å². The molecule has 0 N–H and O–H groups in total. The minimum atomic E-state index is -1.43. The van der Waals surface area contributed by atoms with Gasteiger partial charge in [0.1, 0.15) is 0 Å². The third kappa shape index (κ3) is 2.49. The minimum Gasteiger partial charge on any atom is -0.290 e. The lowest BCUT2D eigenvalue weighted by Crippen LogP contribution is -2.35. The molecule has 0 bridgehead atoms. The van der Waals surface area contributed by atoms with Crippen LogP contribution in [-0.2, 0) is 9.59 Å². The highest BCUT2D eigenvalue weighted by atomic mass is 79.9. The second-order valence-electron chi connectivity index (χ2n) is 2.54. The van der Waals surface area contributed by atoms with Crippen molar-refractivity contribution in [3.05, 3.63) is 4.91 Å². The molecule has 0 aliphatic rings. The Hall–Kier alpha value is -0.580. The van der Waals surface area contributed by atoms with Crippen LogP contribution >= 0.6 is 15.9 Å². The van der Waals surface area contributed by atoms with Gasteiger partial charge in [-0.05, 0) is 13.8 Å². The molecular formula is C6H8BrNO3. The molecule has 0 heterocycles. The van der Waals surface area contributed by atoms with E-state index in [0.717, 1.165) is 0 Å². The zero-order valence-corrected chi connectivity index (χ0v) is 7.84. The van der Waals surface area contributed by atoms with Crippen LogP contribution in [0.1, 0.15) is 13.8 Å². The zero-order chi connectivity index (χ0) is 9.07. The van der Waals surface area contributed by atoms with Crippen molar-refractivity contribution in [1.29, 1.82) is 0 Å². The van der Waals surface area contributed by atoms with E-state index in [0.29, 0.717) is 0 Å². The molecule has 0 atom stereocenters. The van der Waals surface area contributed by atoms with Crippen molar-refractivity contribution < 1.29 is 9.59 Å². The van der Waals surface area contributed by atoms with Gasteiger partial charge in [-0.3, -0.25) is 9.59 Å². The van der Waals surface area contributed by atoms with Gasteiger partial charge in [0, 0.05) is 0 Å². The maximum Gasteiger partial charge on any atom is 0.229 e. The van der Waals surface area contributed by atoms with Crippen LogP contribution in [0.4, 0.5) is 0 Å². The monoisotopic (exact) mass is 221 g/mol. The van der Waals surface area contributed by atoms with Crippen LogP contribution in [0.5, 0.6) is 0 Å². The van der Waals surface area contributed by atoms with E-state index in [1.165, 1.54) is 13.8 Å². The quantitative estimate of drug-likeness (QED) is 0.406. The summed E-state index contributed by atoms with van der Waals surface area (Å²) in [7, 11) is 0. The number of ketones is 2. The fraction of sp³-hybridized carbons (Fsp3) is 0.667. The Labute approximate surface area is 72.4 Å². The van der Waals surface area contributed by atoms with Gasteiger partial charge in [0.05, 0.1) is 5.33 Å². The summed E-state index contributed by atoms with van der Waals surface area (Å²) in [5.74, 6) is -1.39. The predicted molar refractivity (Wildman–Crippen MR) is 43.7 cm³/mol. The van der Waals surface area contributed by atoms with Gasteiger partial charge in [-0.2, -0.15) is 0 Å². The number of alkyl halides is 1. The Morgan fingerprint density at radius 2 is 1.91 bits per heavy atom. The lowest BCUT2D eigenvalue weighted by Gasteiger charge is -2.10. The first kappa shape index (κ1) is 10.4. The average molecular weight is 222 g/mol. The number of nitroso groups, excluding NO2 is 1. The Morgan fingerprint density at radius 1 is 1.45 bits per heavy atom. The van der Waals surface area contributed by atoms with Crippen LogP contribution in [0, 0.1) is 4.91 Å². The number of Topliss-reactive ketones (excluding diaryl/α,β-unsaturated/α-hetero) is 2. The van der Waals surface area contributed by atoms with Crippen LogP contribution in [0.3, 0.4) is 0 Å². The Kier molecular flexibility index (Phi) is 3.51. The topological polar surface area (TPSA) is 63.6 Å². The first-order valence-electron chi connectivity index (χ1n) is 2.94. The molecule has 0 aliphatic heterocycles. The normalized spacial score (nSPS) is 10.8. The summed E-state index contributed by atoms with van der Waals surface area (Å²) < 4.78 is 0. The summed E-state index contributed by atoms with van der Waals surface area (Å²) in [6.07, 6.45) is 0. The molecule has 0 unspecified atom stereocenters. The minimum absolute atomic E-state index is 0.0647. The lowest BCUT2D eigenvalue weighted by atomic mass is 9.98. The van der Waals surface area contributed by atoms with Crippen molar-refractivity contribution >= 4 is 27.5 Å². The van der Waals surface area contributed by atoms with Gasteiger partial charge in [0.25, 0.3) is 0 Å². The molecule has 0 aromatic carbocycles. The molecule has 0 aromatic rings. The fourth-order valence-electron chi connectivity index (χ4n) is 0.443. The summed E-state index contributed by atoms with van der Waals surface area (Å²) in [6.45, 7) is 2.62. The fourth-order valence-corrected chi connectivity index (χ4v) is 0.698. The van der Waals surface area contributed by atoms with Crippen LogP contribution in [0.15, 0.2) is 5.18 Å². The van der Waals surface area contributed by atoms with Crippen molar-refractivity contribution in [1.82, 2.24) is 0 Å². The lowest BCUT2D eigenvalue weighted by molar-refractivity contribution is -0.137. The van der Waals surface area contributed by atoms with Crippen molar-refractivity contribution in [2.45, 2.75) is 19.4 Å². The number of nitrogens with zero attached hydrogens (tertiary/aromatic N) is 1. The highest BCUT2D eigenvalue weighted by Gasteiger charge is 2.33. The SMILES string of the molecule is CC(C)(N=O)C(=O)C(=O)CBr. The molecule has 0 aromatic heterocycles. The van der Waals surface area contributed by atoms with E-state index in [9.17, 15) is 14.5 Å². The van der Waals surface area contributed by atoms with E-state index in [1.807, 2.05) is 0 Å². The number of rotatable bonds is 4. The standard InChI is InChI=1S/C6H8BrNO3/c1-6(2,8-11)5(10)4(9)3-7/h3H2,1-2H3. The third-order valence-corrected chi connectivity index (χ3v) is 1.67. The molecule has 5 heteroatoms. The molecule has 0 spiro atoms. The number of hydrogen-bond acceptors (Lipinski definition) is 4. The third-order valence-electron chi connectivity index (χ3n) is 1.16. The van der Waals surface area contributed by atoms with E-state index < -0.39 is 17.1 Å². The van der Waals surface area contributed by atoms with Crippen molar-refractivity contribution in [3.8, 4) is 0 Å². The average Bonchev–Trinajstić information content (AvgIpc) is 2.01. The van der Waals surface area contributed by atoms with Gasteiger partial charge < -0.3 is 0 Å². The predicted octanol–water partition coefficient (Wildman–Crippen LogP) is 1.06. The first-order chi connectivity index (χ1) is 4.95. The second-order valence-corrected chi connectivity index (χ2v) is 3.10. The van der Waals surface area contributed by atoms with E-state index in [-0.39, 0.29) is 5.33 Å². The summed E-state index contributed by atoms with van der Waals surface area (Å²) in [4.78, 5) is 31.7. The summed E-state index contributed by atoms with van der Waals surface area (Å²) in [5, 5.41) is 2.48. The molecule has 4 nitrogen and oxygen atoms in total. The highest BCUT2D eigenvalue weighted by Crippen LogP contribution is 2.10.